The number of hydrogen-bond acceptors (Lipinski definition) is 2. The van der Waals surface area contributed by atoms with Crippen LogP contribution in [0.5, 0.6) is 0 Å². The van der Waals surface area contributed by atoms with Gasteiger partial charge in [-0.05, 0) is 31.2 Å². The Morgan fingerprint density at radius 2 is 2.12 bits per heavy atom. The van der Waals surface area contributed by atoms with Gasteiger partial charge < -0.3 is 5.73 Å². The maximum Gasteiger partial charge on any atom is 0.0492 e. The maximum absolute atomic E-state index is 6.31. The summed E-state index contributed by atoms with van der Waals surface area (Å²) >= 11 is 0. The molecule has 1 aromatic heterocycles. The molecular weight excluding hydrogens is 210 g/mol. The zero-order valence-corrected chi connectivity index (χ0v) is 11.5. The van der Waals surface area contributed by atoms with Gasteiger partial charge in [0.1, 0.15) is 0 Å². The molecule has 0 saturated heterocycles. The second-order valence-corrected chi connectivity index (χ2v) is 4.96. The molecule has 1 aromatic rings. The van der Waals surface area contributed by atoms with Crippen LogP contribution >= 0.6 is 0 Å². The molecule has 1 heterocycles. The fraction of sp³-hybridized carbons (Fsp3) is 0.786. The molecule has 2 N–H and O–H groups in total. The minimum Gasteiger partial charge on any atom is -0.327 e. The van der Waals surface area contributed by atoms with Crippen LogP contribution in [0, 0.1) is 5.92 Å². The van der Waals surface area contributed by atoms with Gasteiger partial charge in [0.2, 0.25) is 0 Å². The highest BCUT2D eigenvalue weighted by molar-refractivity contribution is 5.00. The van der Waals surface area contributed by atoms with Crippen molar-refractivity contribution in [1.29, 1.82) is 0 Å². The number of aromatic nitrogens is 2. The van der Waals surface area contributed by atoms with Crippen molar-refractivity contribution in [2.45, 2.75) is 58.4 Å². The van der Waals surface area contributed by atoms with Gasteiger partial charge in [0.25, 0.3) is 0 Å². The van der Waals surface area contributed by atoms with E-state index in [1.54, 1.807) is 0 Å². The average molecular weight is 237 g/mol. The van der Waals surface area contributed by atoms with E-state index in [1.807, 2.05) is 17.9 Å². The van der Waals surface area contributed by atoms with Gasteiger partial charge in [-0.15, -0.1) is 0 Å². The summed E-state index contributed by atoms with van der Waals surface area (Å²) < 4.78 is 1.94. The summed E-state index contributed by atoms with van der Waals surface area (Å²) in [6, 6.07) is 2.42. The Kier molecular flexibility index (Phi) is 6.27. The number of rotatable bonds is 8. The third-order valence-electron chi connectivity index (χ3n) is 3.71. The summed E-state index contributed by atoms with van der Waals surface area (Å²) in [6.45, 7) is 4.50. The van der Waals surface area contributed by atoms with E-state index in [1.165, 1.54) is 31.4 Å². The highest BCUT2D eigenvalue weighted by Gasteiger charge is 2.15. The zero-order chi connectivity index (χ0) is 12.7. The first-order valence-corrected chi connectivity index (χ1v) is 6.91. The molecule has 0 fully saturated rings. The van der Waals surface area contributed by atoms with Crippen LogP contribution in [0.15, 0.2) is 12.3 Å². The SMILES string of the molecule is CCCCC(CC)C(N)CCc1ccnn1C. The maximum atomic E-state index is 6.31. The van der Waals surface area contributed by atoms with E-state index in [-0.39, 0.29) is 0 Å². The van der Waals surface area contributed by atoms with Crippen LogP contribution in [-0.2, 0) is 13.5 Å². The highest BCUT2D eigenvalue weighted by Crippen LogP contribution is 2.19. The van der Waals surface area contributed by atoms with Crippen molar-refractivity contribution >= 4 is 0 Å². The quantitative estimate of drug-likeness (QED) is 0.755. The van der Waals surface area contributed by atoms with E-state index >= 15 is 0 Å². The monoisotopic (exact) mass is 237 g/mol. The molecule has 1 rings (SSSR count). The number of aryl methyl sites for hydroxylation is 2. The van der Waals surface area contributed by atoms with E-state index in [0.717, 1.165) is 12.8 Å². The highest BCUT2D eigenvalue weighted by atomic mass is 15.2. The minimum atomic E-state index is 0.335. The third kappa shape index (κ3) is 4.50. The van der Waals surface area contributed by atoms with Gasteiger partial charge in [0, 0.05) is 25.0 Å². The smallest absolute Gasteiger partial charge is 0.0492 e. The van der Waals surface area contributed by atoms with Crippen LogP contribution in [0.3, 0.4) is 0 Å². The lowest BCUT2D eigenvalue weighted by Gasteiger charge is -2.22. The summed E-state index contributed by atoms with van der Waals surface area (Å²) in [5.41, 5.74) is 7.59. The number of nitrogens with two attached hydrogens (primary N) is 1. The number of unbranched alkanes of at least 4 members (excludes halogenated alkanes) is 1. The van der Waals surface area contributed by atoms with E-state index in [9.17, 15) is 0 Å². The first kappa shape index (κ1) is 14.2. The summed E-state index contributed by atoms with van der Waals surface area (Å²) in [6.07, 6.45) is 9.02. The molecular formula is C14H27N3. The van der Waals surface area contributed by atoms with Gasteiger partial charge in [-0.2, -0.15) is 5.10 Å². The molecule has 3 heteroatoms. The molecule has 0 saturated carbocycles. The van der Waals surface area contributed by atoms with Gasteiger partial charge in [0.05, 0.1) is 0 Å². The van der Waals surface area contributed by atoms with Gasteiger partial charge in [-0.1, -0.05) is 33.1 Å². The fourth-order valence-electron chi connectivity index (χ4n) is 2.38. The topological polar surface area (TPSA) is 43.8 Å². The van der Waals surface area contributed by atoms with Crippen molar-refractivity contribution in [1.82, 2.24) is 9.78 Å². The molecule has 0 aliphatic carbocycles. The van der Waals surface area contributed by atoms with Crippen LogP contribution in [0.1, 0.15) is 51.6 Å². The molecule has 0 bridgehead atoms. The molecule has 2 atom stereocenters. The van der Waals surface area contributed by atoms with E-state index in [2.05, 4.69) is 25.0 Å². The first-order valence-electron chi connectivity index (χ1n) is 6.91. The van der Waals surface area contributed by atoms with Crippen molar-refractivity contribution < 1.29 is 0 Å². The van der Waals surface area contributed by atoms with E-state index < -0.39 is 0 Å². The summed E-state index contributed by atoms with van der Waals surface area (Å²) in [4.78, 5) is 0. The molecule has 0 spiro atoms. The largest absolute Gasteiger partial charge is 0.327 e. The standard InChI is InChI=1S/C14H27N3/c1-4-6-7-12(5-2)14(15)9-8-13-10-11-16-17(13)3/h10-12,14H,4-9,15H2,1-3H3. The molecule has 0 amide bonds. The van der Waals surface area contributed by atoms with Crippen molar-refractivity contribution in [3.8, 4) is 0 Å². The second-order valence-electron chi connectivity index (χ2n) is 4.96. The Balaban J connectivity index is 2.36. The Morgan fingerprint density at radius 3 is 2.65 bits per heavy atom. The Morgan fingerprint density at radius 1 is 1.35 bits per heavy atom. The van der Waals surface area contributed by atoms with Crippen LogP contribution in [0.25, 0.3) is 0 Å². The predicted molar refractivity (Wildman–Crippen MR) is 72.8 cm³/mol. The molecule has 0 aliphatic heterocycles. The van der Waals surface area contributed by atoms with Crippen molar-refractivity contribution in [3.63, 3.8) is 0 Å². The number of hydrogen-bond donors (Lipinski definition) is 1. The molecule has 3 nitrogen and oxygen atoms in total. The van der Waals surface area contributed by atoms with Crippen LogP contribution in [0.4, 0.5) is 0 Å². The summed E-state index contributed by atoms with van der Waals surface area (Å²) in [5, 5.41) is 4.19. The lowest BCUT2D eigenvalue weighted by atomic mass is 9.89. The average Bonchev–Trinajstić information content (AvgIpc) is 2.73. The van der Waals surface area contributed by atoms with Crippen molar-refractivity contribution in [2.75, 3.05) is 0 Å². The van der Waals surface area contributed by atoms with Crippen molar-refractivity contribution in [3.05, 3.63) is 18.0 Å². The van der Waals surface area contributed by atoms with Gasteiger partial charge in [-0.3, -0.25) is 4.68 Å². The predicted octanol–water partition coefficient (Wildman–Crippen LogP) is 2.90. The minimum absolute atomic E-state index is 0.335. The first-order chi connectivity index (χ1) is 8.19. The van der Waals surface area contributed by atoms with Gasteiger partial charge >= 0.3 is 0 Å². The normalized spacial score (nSPS) is 14.8. The molecule has 2 unspecified atom stereocenters. The number of nitrogens with zero attached hydrogens (tertiary/aromatic N) is 2. The Hall–Kier alpha value is -0.830. The van der Waals surface area contributed by atoms with Gasteiger partial charge in [-0.25, -0.2) is 0 Å². The third-order valence-corrected chi connectivity index (χ3v) is 3.71. The Bertz CT molecular complexity index is 306. The zero-order valence-electron chi connectivity index (χ0n) is 11.5. The van der Waals surface area contributed by atoms with E-state index in [4.69, 9.17) is 5.73 Å². The summed E-state index contributed by atoms with van der Waals surface area (Å²) in [7, 11) is 2.00. The summed E-state index contributed by atoms with van der Waals surface area (Å²) in [5.74, 6) is 0.683. The van der Waals surface area contributed by atoms with Crippen molar-refractivity contribution in [2.24, 2.45) is 18.7 Å². The second kappa shape index (κ2) is 7.49. The molecule has 17 heavy (non-hydrogen) atoms. The Labute approximate surface area is 105 Å². The lowest BCUT2D eigenvalue weighted by molar-refractivity contribution is 0.354. The van der Waals surface area contributed by atoms with Crippen LogP contribution < -0.4 is 5.73 Å². The van der Waals surface area contributed by atoms with Crippen LogP contribution in [0.2, 0.25) is 0 Å². The molecule has 0 radical (unpaired) electrons. The molecule has 0 aromatic carbocycles. The fourth-order valence-corrected chi connectivity index (χ4v) is 2.38. The lowest BCUT2D eigenvalue weighted by Crippen LogP contribution is -2.30. The van der Waals surface area contributed by atoms with E-state index in [0.29, 0.717) is 12.0 Å². The molecule has 98 valence electrons. The van der Waals surface area contributed by atoms with Crippen LogP contribution in [-0.4, -0.2) is 15.8 Å². The van der Waals surface area contributed by atoms with Gasteiger partial charge in [0.15, 0.2) is 0 Å². The molecule has 0 aliphatic rings.